The lowest BCUT2D eigenvalue weighted by Crippen LogP contribution is -2.08. The van der Waals surface area contributed by atoms with Crippen molar-refractivity contribution < 1.29 is 9.90 Å². The first kappa shape index (κ1) is 15.8. The van der Waals surface area contributed by atoms with E-state index >= 15 is 0 Å². The normalized spacial score (nSPS) is 10.6. The Bertz CT molecular complexity index is 902. The molecule has 1 aromatic heterocycles. The van der Waals surface area contributed by atoms with Crippen LogP contribution in [0.1, 0.15) is 16.1 Å². The highest BCUT2D eigenvalue weighted by atomic mass is 16.4. The lowest BCUT2D eigenvalue weighted by Gasteiger charge is -2.15. The zero-order valence-corrected chi connectivity index (χ0v) is 13.9. The van der Waals surface area contributed by atoms with Gasteiger partial charge in [0, 0.05) is 42.2 Å². The second kappa shape index (κ2) is 6.20. The van der Waals surface area contributed by atoms with E-state index in [0.717, 1.165) is 33.7 Å². The van der Waals surface area contributed by atoms with Gasteiger partial charge in [0.1, 0.15) is 0 Å². The predicted octanol–water partition coefficient (Wildman–Crippen LogP) is 4.05. The van der Waals surface area contributed by atoms with Crippen molar-refractivity contribution in [1.82, 2.24) is 4.98 Å². The monoisotopic (exact) mass is 321 g/mol. The molecule has 0 unspecified atom stereocenters. The summed E-state index contributed by atoms with van der Waals surface area (Å²) >= 11 is 0. The molecule has 122 valence electrons. The van der Waals surface area contributed by atoms with E-state index < -0.39 is 5.97 Å². The van der Waals surface area contributed by atoms with Crippen molar-refractivity contribution in [3.8, 4) is 0 Å². The van der Waals surface area contributed by atoms with Crippen molar-refractivity contribution in [2.45, 2.75) is 6.92 Å². The standard InChI is InChI=1S/C19H19N3O2/c1-12-10-18(21-14-5-7-15(8-6-14)22(2)3)16-11-13(19(23)24)4-9-17(16)20-12/h4-11H,1-3H3,(H,20,21)(H,23,24). The molecule has 3 aromatic rings. The van der Waals surface area contributed by atoms with Crippen LogP contribution >= 0.6 is 0 Å². The summed E-state index contributed by atoms with van der Waals surface area (Å²) in [5.41, 5.74) is 4.79. The fourth-order valence-corrected chi connectivity index (χ4v) is 2.59. The molecule has 0 saturated heterocycles. The highest BCUT2D eigenvalue weighted by Crippen LogP contribution is 2.28. The summed E-state index contributed by atoms with van der Waals surface area (Å²) in [6, 6.07) is 15.0. The lowest BCUT2D eigenvalue weighted by molar-refractivity contribution is 0.0697. The number of aryl methyl sites for hydroxylation is 1. The molecule has 5 nitrogen and oxygen atoms in total. The van der Waals surface area contributed by atoms with E-state index in [4.69, 9.17) is 0 Å². The number of nitrogens with zero attached hydrogens (tertiary/aromatic N) is 2. The summed E-state index contributed by atoms with van der Waals surface area (Å²) in [5.74, 6) is -0.946. The highest BCUT2D eigenvalue weighted by molar-refractivity contribution is 5.99. The number of aromatic nitrogens is 1. The van der Waals surface area contributed by atoms with Gasteiger partial charge >= 0.3 is 5.97 Å². The molecule has 5 heteroatoms. The number of nitrogens with one attached hydrogen (secondary N) is 1. The Hall–Kier alpha value is -3.08. The molecule has 24 heavy (non-hydrogen) atoms. The maximum Gasteiger partial charge on any atom is 0.335 e. The zero-order chi connectivity index (χ0) is 17.3. The highest BCUT2D eigenvalue weighted by Gasteiger charge is 2.09. The minimum Gasteiger partial charge on any atom is -0.478 e. The lowest BCUT2D eigenvalue weighted by atomic mass is 10.1. The Morgan fingerprint density at radius 2 is 1.79 bits per heavy atom. The second-order valence-corrected chi connectivity index (χ2v) is 5.91. The fraction of sp³-hybridized carbons (Fsp3) is 0.158. The van der Waals surface area contributed by atoms with Crippen LogP contribution in [-0.4, -0.2) is 30.2 Å². The molecule has 0 aliphatic rings. The van der Waals surface area contributed by atoms with Crippen molar-refractivity contribution in [1.29, 1.82) is 0 Å². The van der Waals surface area contributed by atoms with Crippen LogP contribution < -0.4 is 10.2 Å². The van der Waals surface area contributed by atoms with Crippen LogP contribution in [0.15, 0.2) is 48.5 Å². The Labute approximate surface area is 140 Å². The van der Waals surface area contributed by atoms with E-state index in [1.165, 1.54) is 0 Å². The van der Waals surface area contributed by atoms with Gasteiger partial charge in [-0.1, -0.05) is 0 Å². The van der Waals surface area contributed by atoms with E-state index in [1.54, 1.807) is 18.2 Å². The number of aromatic carboxylic acids is 1. The van der Waals surface area contributed by atoms with E-state index in [9.17, 15) is 9.90 Å². The van der Waals surface area contributed by atoms with Crippen LogP contribution in [0.4, 0.5) is 17.1 Å². The maximum atomic E-state index is 11.2. The van der Waals surface area contributed by atoms with Crippen LogP contribution in [0.3, 0.4) is 0 Å². The molecule has 0 atom stereocenters. The molecule has 0 aliphatic heterocycles. The van der Waals surface area contributed by atoms with Crippen molar-refractivity contribution in [2.24, 2.45) is 0 Å². The SMILES string of the molecule is Cc1cc(Nc2ccc(N(C)C)cc2)c2cc(C(=O)O)ccc2n1. The summed E-state index contributed by atoms with van der Waals surface area (Å²) < 4.78 is 0. The van der Waals surface area contributed by atoms with Gasteiger partial charge in [-0.05, 0) is 55.5 Å². The molecule has 0 amide bonds. The third kappa shape index (κ3) is 3.15. The van der Waals surface area contributed by atoms with E-state index in [1.807, 2.05) is 56.3 Å². The minimum atomic E-state index is -0.946. The average Bonchev–Trinajstić information content (AvgIpc) is 2.54. The maximum absolute atomic E-state index is 11.2. The Kier molecular flexibility index (Phi) is 4.08. The Morgan fingerprint density at radius 1 is 1.08 bits per heavy atom. The quantitative estimate of drug-likeness (QED) is 0.759. The third-order valence-corrected chi connectivity index (χ3v) is 3.85. The number of benzene rings is 2. The number of carboxylic acid groups (broad SMARTS) is 1. The van der Waals surface area contributed by atoms with Gasteiger partial charge in [0.2, 0.25) is 0 Å². The number of hydrogen-bond acceptors (Lipinski definition) is 4. The molecule has 0 saturated carbocycles. The molecule has 0 bridgehead atoms. The molecule has 0 fully saturated rings. The number of rotatable bonds is 4. The largest absolute Gasteiger partial charge is 0.478 e. The van der Waals surface area contributed by atoms with Gasteiger partial charge in [-0.3, -0.25) is 4.98 Å². The molecule has 0 radical (unpaired) electrons. The van der Waals surface area contributed by atoms with Crippen LogP contribution in [0, 0.1) is 6.92 Å². The Balaban J connectivity index is 2.04. The number of carbonyl (C=O) groups is 1. The number of pyridine rings is 1. The van der Waals surface area contributed by atoms with Gasteiger partial charge < -0.3 is 15.3 Å². The topological polar surface area (TPSA) is 65.5 Å². The van der Waals surface area contributed by atoms with Crippen molar-refractivity contribution in [2.75, 3.05) is 24.3 Å². The van der Waals surface area contributed by atoms with Gasteiger partial charge in [0.05, 0.1) is 11.1 Å². The fourth-order valence-electron chi connectivity index (χ4n) is 2.59. The number of carboxylic acids is 1. The summed E-state index contributed by atoms with van der Waals surface area (Å²) in [7, 11) is 3.99. The molecule has 0 aliphatic carbocycles. The first-order valence-electron chi connectivity index (χ1n) is 7.63. The first-order valence-corrected chi connectivity index (χ1v) is 7.63. The molecule has 0 spiro atoms. The summed E-state index contributed by atoms with van der Waals surface area (Å²) in [6.07, 6.45) is 0. The van der Waals surface area contributed by atoms with Crippen molar-refractivity contribution in [3.05, 3.63) is 59.8 Å². The van der Waals surface area contributed by atoms with Crippen LogP contribution in [0.2, 0.25) is 0 Å². The summed E-state index contributed by atoms with van der Waals surface area (Å²) in [4.78, 5) is 17.7. The van der Waals surface area contributed by atoms with Crippen molar-refractivity contribution in [3.63, 3.8) is 0 Å². The van der Waals surface area contributed by atoms with Gasteiger partial charge in [0.25, 0.3) is 0 Å². The van der Waals surface area contributed by atoms with E-state index in [-0.39, 0.29) is 5.56 Å². The zero-order valence-electron chi connectivity index (χ0n) is 13.9. The first-order chi connectivity index (χ1) is 11.4. The number of fused-ring (bicyclic) bond motifs is 1. The third-order valence-electron chi connectivity index (χ3n) is 3.85. The molecule has 2 aromatic carbocycles. The van der Waals surface area contributed by atoms with Gasteiger partial charge in [-0.2, -0.15) is 0 Å². The summed E-state index contributed by atoms with van der Waals surface area (Å²) in [6.45, 7) is 1.92. The van der Waals surface area contributed by atoms with Crippen molar-refractivity contribution >= 4 is 33.9 Å². The summed E-state index contributed by atoms with van der Waals surface area (Å²) in [5, 5.41) is 13.4. The number of hydrogen-bond donors (Lipinski definition) is 2. The van der Waals surface area contributed by atoms with Gasteiger partial charge in [-0.25, -0.2) is 4.79 Å². The predicted molar refractivity (Wildman–Crippen MR) is 97.5 cm³/mol. The molecular weight excluding hydrogens is 302 g/mol. The molecule has 1 heterocycles. The molecular formula is C19H19N3O2. The van der Waals surface area contributed by atoms with E-state index in [0.29, 0.717) is 0 Å². The van der Waals surface area contributed by atoms with Crippen LogP contribution in [0.5, 0.6) is 0 Å². The van der Waals surface area contributed by atoms with Gasteiger partial charge in [0.15, 0.2) is 0 Å². The van der Waals surface area contributed by atoms with Crippen LogP contribution in [-0.2, 0) is 0 Å². The van der Waals surface area contributed by atoms with Crippen LogP contribution in [0.25, 0.3) is 10.9 Å². The second-order valence-electron chi connectivity index (χ2n) is 5.91. The molecule has 2 N–H and O–H groups in total. The average molecular weight is 321 g/mol. The van der Waals surface area contributed by atoms with E-state index in [2.05, 4.69) is 10.3 Å². The Morgan fingerprint density at radius 3 is 2.42 bits per heavy atom. The van der Waals surface area contributed by atoms with Gasteiger partial charge in [-0.15, -0.1) is 0 Å². The molecule has 3 rings (SSSR count). The number of anilines is 3. The minimum absolute atomic E-state index is 0.249. The smallest absolute Gasteiger partial charge is 0.335 e.